The van der Waals surface area contributed by atoms with Crippen molar-refractivity contribution in [3.05, 3.63) is 48.0 Å². The van der Waals surface area contributed by atoms with Crippen LogP contribution in [0.4, 0.5) is 0 Å². The fraction of sp³-hybridized carbons (Fsp3) is 0.316. The smallest absolute Gasteiger partial charge is 0.338 e. The van der Waals surface area contributed by atoms with Gasteiger partial charge in [0, 0.05) is 0 Å². The van der Waals surface area contributed by atoms with E-state index in [2.05, 4.69) is 11.4 Å². The fourth-order valence-electron chi connectivity index (χ4n) is 2.16. The van der Waals surface area contributed by atoms with E-state index in [1.165, 1.54) is 0 Å². The molecule has 0 aliphatic rings. The number of nitrogens with zero attached hydrogens (tertiary/aromatic N) is 1. The molecule has 1 amide bonds. The van der Waals surface area contributed by atoms with Crippen molar-refractivity contribution in [1.82, 2.24) is 5.32 Å². The van der Waals surface area contributed by atoms with Crippen LogP contribution in [0.2, 0.25) is 0 Å². The number of rotatable bonds is 5. The largest absolute Gasteiger partial charge is 0.452 e. The second-order valence-corrected chi connectivity index (χ2v) is 6.16. The molecule has 1 N–H and O–H groups in total. The van der Waals surface area contributed by atoms with Crippen LogP contribution in [0.1, 0.15) is 31.1 Å². The second kappa shape index (κ2) is 7.14. The number of hydrogen-bond donors (Lipinski definition) is 1. The maximum Gasteiger partial charge on any atom is 0.338 e. The van der Waals surface area contributed by atoms with Crippen LogP contribution in [0.3, 0.4) is 0 Å². The Morgan fingerprint density at radius 3 is 2.50 bits per heavy atom. The van der Waals surface area contributed by atoms with Gasteiger partial charge in [0.25, 0.3) is 5.91 Å². The van der Waals surface area contributed by atoms with E-state index in [0.29, 0.717) is 5.56 Å². The van der Waals surface area contributed by atoms with Crippen molar-refractivity contribution < 1.29 is 14.3 Å². The number of fused-ring (bicyclic) bond motifs is 1. The number of ether oxygens (including phenoxy) is 1. The predicted molar refractivity (Wildman–Crippen MR) is 91.2 cm³/mol. The number of nitriles is 1. The second-order valence-electron chi connectivity index (χ2n) is 6.16. The molecule has 2 aromatic carbocycles. The molecule has 2 aromatic rings. The summed E-state index contributed by atoms with van der Waals surface area (Å²) in [6.07, 6.45) is 0. The maximum atomic E-state index is 12.1. The molecule has 0 saturated heterocycles. The Bertz CT molecular complexity index is 808. The van der Waals surface area contributed by atoms with E-state index in [-0.39, 0.29) is 5.92 Å². The van der Waals surface area contributed by atoms with Crippen LogP contribution in [-0.4, -0.2) is 24.0 Å². The zero-order chi connectivity index (χ0) is 17.7. The Kier molecular flexibility index (Phi) is 5.20. The summed E-state index contributed by atoms with van der Waals surface area (Å²) in [5.41, 5.74) is -0.611. The van der Waals surface area contributed by atoms with E-state index in [9.17, 15) is 14.9 Å². The normalized spacial score (nSPS) is 13.1. The lowest BCUT2D eigenvalue weighted by molar-refractivity contribution is -0.125. The van der Waals surface area contributed by atoms with E-state index < -0.39 is 24.0 Å². The first-order valence-corrected chi connectivity index (χ1v) is 7.74. The van der Waals surface area contributed by atoms with Crippen molar-refractivity contribution in [2.24, 2.45) is 5.92 Å². The lowest BCUT2D eigenvalue weighted by Crippen LogP contribution is -2.50. The molecule has 0 fully saturated rings. The summed E-state index contributed by atoms with van der Waals surface area (Å²) >= 11 is 0. The average molecular weight is 324 g/mol. The number of nitrogens with one attached hydrogen (secondary N) is 1. The van der Waals surface area contributed by atoms with Crippen LogP contribution in [0.25, 0.3) is 10.8 Å². The van der Waals surface area contributed by atoms with Crippen LogP contribution < -0.4 is 5.32 Å². The Hall–Kier alpha value is -2.87. The lowest BCUT2D eigenvalue weighted by Gasteiger charge is -2.27. The number of carbonyl (C=O) groups is 2. The van der Waals surface area contributed by atoms with Crippen LogP contribution in [0.15, 0.2) is 42.5 Å². The molecule has 2 rings (SSSR count). The number of carbonyl (C=O) groups excluding carboxylic acids is 2. The van der Waals surface area contributed by atoms with Crippen LogP contribution in [0.5, 0.6) is 0 Å². The van der Waals surface area contributed by atoms with Gasteiger partial charge in [-0.3, -0.25) is 4.79 Å². The third-order valence-corrected chi connectivity index (χ3v) is 4.11. The molecule has 124 valence electrons. The van der Waals surface area contributed by atoms with Crippen molar-refractivity contribution in [2.75, 3.05) is 6.61 Å². The molecule has 0 saturated carbocycles. The van der Waals surface area contributed by atoms with Gasteiger partial charge in [0.1, 0.15) is 5.54 Å². The molecule has 5 heteroatoms. The van der Waals surface area contributed by atoms with E-state index >= 15 is 0 Å². The minimum Gasteiger partial charge on any atom is -0.452 e. The Balaban J connectivity index is 1.99. The van der Waals surface area contributed by atoms with Crippen LogP contribution in [0, 0.1) is 17.2 Å². The predicted octanol–water partition coefficient (Wildman–Crippen LogP) is 3.05. The zero-order valence-electron chi connectivity index (χ0n) is 14.0. The molecule has 1 atom stereocenters. The van der Waals surface area contributed by atoms with Crippen molar-refractivity contribution >= 4 is 22.6 Å². The Labute approximate surface area is 141 Å². The quantitative estimate of drug-likeness (QED) is 0.857. The first kappa shape index (κ1) is 17.5. The highest BCUT2D eigenvalue weighted by Gasteiger charge is 2.30. The zero-order valence-corrected chi connectivity index (χ0v) is 14.0. The first-order valence-electron chi connectivity index (χ1n) is 7.74. The fourth-order valence-corrected chi connectivity index (χ4v) is 2.16. The maximum absolute atomic E-state index is 12.1. The number of amides is 1. The number of hydrogen-bond acceptors (Lipinski definition) is 4. The van der Waals surface area contributed by atoms with Gasteiger partial charge in [-0.25, -0.2) is 4.79 Å². The molecule has 0 bridgehead atoms. The minimum atomic E-state index is -0.994. The van der Waals surface area contributed by atoms with E-state index in [1.54, 1.807) is 19.1 Å². The molecule has 0 spiro atoms. The number of benzene rings is 2. The van der Waals surface area contributed by atoms with Crippen molar-refractivity contribution in [1.29, 1.82) is 5.26 Å². The average Bonchev–Trinajstić information content (AvgIpc) is 2.58. The molecule has 0 unspecified atom stereocenters. The lowest BCUT2D eigenvalue weighted by atomic mass is 9.90. The molecular weight excluding hydrogens is 304 g/mol. The summed E-state index contributed by atoms with van der Waals surface area (Å²) in [5.74, 6) is -1.14. The summed E-state index contributed by atoms with van der Waals surface area (Å²) in [6.45, 7) is 4.89. The summed E-state index contributed by atoms with van der Waals surface area (Å²) in [4.78, 5) is 24.0. The van der Waals surface area contributed by atoms with Gasteiger partial charge in [0.15, 0.2) is 6.61 Å². The van der Waals surface area contributed by atoms with Gasteiger partial charge in [-0.1, -0.05) is 44.2 Å². The SMILES string of the molecule is CC(C)[C@](C)(C#N)NC(=O)COC(=O)c1ccc2ccccc2c1. The van der Waals surface area contributed by atoms with Crippen molar-refractivity contribution in [3.8, 4) is 6.07 Å². The molecule has 0 heterocycles. The van der Waals surface area contributed by atoms with Gasteiger partial charge >= 0.3 is 5.97 Å². The standard InChI is InChI=1S/C19H20N2O3/c1-13(2)19(3,12-20)21-17(22)11-24-18(23)16-9-8-14-6-4-5-7-15(14)10-16/h4-10,13H,11H2,1-3H3,(H,21,22)/t19-/m0/s1. The molecule has 0 aliphatic carbocycles. The van der Waals surface area contributed by atoms with Gasteiger partial charge in [-0.15, -0.1) is 0 Å². The Morgan fingerprint density at radius 2 is 1.88 bits per heavy atom. The third-order valence-electron chi connectivity index (χ3n) is 4.11. The third kappa shape index (κ3) is 3.90. The van der Waals surface area contributed by atoms with Gasteiger partial charge in [-0.05, 0) is 35.7 Å². The first-order chi connectivity index (χ1) is 11.4. The molecule has 0 radical (unpaired) electrons. The van der Waals surface area contributed by atoms with Crippen LogP contribution in [-0.2, 0) is 9.53 Å². The minimum absolute atomic E-state index is 0.0670. The van der Waals surface area contributed by atoms with Gasteiger partial charge in [0.05, 0.1) is 11.6 Å². The summed E-state index contributed by atoms with van der Waals surface area (Å²) < 4.78 is 5.05. The summed E-state index contributed by atoms with van der Waals surface area (Å²) in [7, 11) is 0. The molecular formula is C19H20N2O3. The topological polar surface area (TPSA) is 79.2 Å². The molecule has 24 heavy (non-hydrogen) atoms. The monoisotopic (exact) mass is 324 g/mol. The van der Waals surface area contributed by atoms with Crippen molar-refractivity contribution in [3.63, 3.8) is 0 Å². The number of esters is 1. The van der Waals surface area contributed by atoms with Gasteiger partial charge in [0.2, 0.25) is 0 Å². The molecule has 0 aliphatic heterocycles. The molecule has 0 aromatic heterocycles. The highest BCUT2D eigenvalue weighted by Crippen LogP contribution is 2.17. The van der Waals surface area contributed by atoms with Gasteiger partial charge in [-0.2, -0.15) is 5.26 Å². The molecule has 5 nitrogen and oxygen atoms in total. The van der Waals surface area contributed by atoms with Gasteiger partial charge < -0.3 is 10.1 Å². The van der Waals surface area contributed by atoms with E-state index in [1.807, 2.05) is 44.2 Å². The Morgan fingerprint density at radius 1 is 1.21 bits per heavy atom. The van der Waals surface area contributed by atoms with E-state index in [4.69, 9.17) is 4.74 Å². The summed E-state index contributed by atoms with van der Waals surface area (Å²) in [5, 5.41) is 13.7. The van der Waals surface area contributed by atoms with E-state index in [0.717, 1.165) is 10.8 Å². The summed E-state index contributed by atoms with van der Waals surface area (Å²) in [6, 6.07) is 15.0. The van der Waals surface area contributed by atoms with Crippen molar-refractivity contribution in [2.45, 2.75) is 26.3 Å². The highest BCUT2D eigenvalue weighted by molar-refractivity contribution is 5.96. The highest BCUT2D eigenvalue weighted by atomic mass is 16.5. The van der Waals surface area contributed by atoms with Crippen LogP contribution >= 0.6 is 0 Å².